The quantitative estimate of drug-likeness (QED) is 0.201. The smallest absolute Gasteiger partial charge is 0.250 e. The molecule has 178 valence electrons. The van der Waals surface area contributed by atoms with Crippen LogP contribution in [0.1, 0.15) is 11.1 Å². The van der Waals surface area contributed by atoms with E-state index in [1.807, 2.05) is 47.9 Å². The van der Waals surface area contributed by atoms with Crippen LogP contribution in [0.2, 0.25) is 5.02 Å². The highest BCUT2D eigenvalue weighted by Gasteiger charge is 2.17. The molecule has 0 spiro atoms. The van der Waals surface area contributed by atoms with Crippen molar-refractivity contribution in [3.8, 4) is 28.6 Å². The summed E-state index contributed by atoms with van der Waals surface area (Å²) in [5.74, 6) is 0.637. The van der Waals surface area contributed by atoms with Gasteiger partial charge in [-0.2, -0.15) is 5.10 Å². The summed E-state index contributed by atoms with van der Waals surface area (Å²) in [7, 11) is 1.46. The van der Waals surface area contributed by atoms with E-state index < -0.39 is 0 Å². The summed E-state index contributed by atoms with van der Waals surface area (Å²) < 4.78 is 6.97. The van der Waals surface area contributed by atoms with Gasteiger partial charge in [0.15, 0.2) is 22.5 Å². The van der Waals surface area contributed by atoms with Crippen LogP contribution in [0.3, 0.4) is 0 Å². The molecule has 8 nitrogen and oxygen atoms in total. The first kappa shape index (κ1) is 24.3. The van der Waals surface area contributed by atoms with Gasteiger partial charge in [0.25, 0.3) is 5.91 Å². The molecule has 0 radical (unpaired) electrons. The fourth-order valence-electron chi connectivity index (χ4n) is 3.22. The van der Waals surface area contributed by atoms with Crippen molar-refractivity contribution in [2.24, 2.45) is 5.10 Å². The number of aryl methyl sites for hydroxylation is 1. The van der Waals surface area contributed by atoms with Gasteiger partial charge in [-0.25, -0.2) is 5.43 Å². The molecule has 0 saturated carbocycles. The Labute approximate surface area is 211 Å². The number of aromatic nitrogens is 3. The zero-order valence-corrected chi connectivity index (χ0v) is 20.5. The molecule has 0 aliphatic rings. The molecule has 0 bridgehead atoms. The lowest BCUT2D eigenvalue weighted by Crippen LogP contribution is -2.20. The molecule has 0 aliphatic carbocycles. The Morgan fingerprint density at radius 2 is 1.89 bits per heavy atom. The number of methoxy groups -OCH3 is 1. The van der Waals surface area contributed by atoms with Gasteiger partial charge in [-0.3, -0.25) is 9.36 Å². The van der Waals surface area contributed by atoms with Gasteiger partial charge < -0.3 is 9.84 Å². The molecule has 35 heavy (non-hydrogen) atoms. The van der Waals surface area contributed by atoms with Gasteiger partial charge in [0.2, 0.25) is 0 Å². The van der Waals surface area contributed by atoms with Gasteiger partial charge in [0.05, 0.1) is 19.1 Å². The summed E-state index contributed by atoms with van der Waals surface area (Å²) in [6.45, 7) is 2.02. The Bertz CT molecular complexity index is 1350. The molecule has 2 N–H and O–H groups in total. The van der Waals surface area contributed by atoms with E-state index in [-0.39, 0.29) is 17.4 Å². The van der Waals surface area contributed by atoms with Crippen LogP contribution >= 0.6 is 23.4 Å². The zero-order chi connectivity index (χ0) is 24.8. The predicted molar refractivity (Wildman–Crippen MR) is 138 cm³/mol. The maximum absolute atomic E-state index is 12.4. The molecule has 1 heterocycles. The Morgan fingerprint density at radius 3 is 2.60 bits per heavy atom. The van der Waals surface area contributed by atoms with Crippen LogP contribution in [-0.2, 0) is 4.79 Å². The highest BCUT2D eigenvalue weighted by molar-refractivity contribution is 7.99. The van der Waals surface area contributed by atoms with E-state index in [0.29, 0.717) is 27.3 Å². The number of hydrogen-bond acceptors (Lipinski definition) is 7. The summed E-state index contributed by atoms with van der Waals surface area (Å²) in [5.41, 5.74) is 5.74. The lowest BCUT2D eigenvalue weighted by Gasteiger charge is -2.10. The van der Waals surface area contributed by atoms with Gasteiger partial charge in [-0.15, -0.1) is 10.2 Å². The molecular weight excluding hydrogens is 486 g/mol. The van der Waals surface area contributed by atoms with Gasteiger partial charge in [0.1, 0.15) is 0 Å². The Kier molecular flexibility index (Phi) is 7.69. The number of amides is 1. The van der Waals surface area contributed by atoms with Crippen molar-refractivity contribution in [2.45, 2.75) is 12.1 Å². The number of phenols is 1. The zero-order valence-electron chi connectivity index (χ0n) is 19.0. The van der Waals surface area contributed by atoms with Gasteiger partial charge >= 0.3 is 0 Å². The van der Waals surface area contributed by atoms with Gasteiger partial charge in [0, 0.05) is 21.8 Å². The highest BCUT2D eigenvalue weighted by atomic mass is 35.5. The second-order valence-electron chi connectivity index (χ2n) is 7.46. The number of thioether (sulfide) groups is 1. The van der Waals surface area contributed by atoms with Crippen molar-refractivity contribution in [1.82, 2.24) is 20.2 Å². The van der Waals surface area contributed by atoms with Crippen molar-refractivity contribution in [2.75, 3.05) is 12.9 Å². The second-order valence-corrected chi connectivity index (χ2v) is 8.84. The molecule has 10 heteroatoms. The lowest BCUT2D eigenvalue weighted by molar-refractivity contribution is -0.118. The van der Waals surface area contributed by atoms with Crippen LogP contribution in [0.4, 0.5) is 0 Å². The fraction of sp³-hybridized carbons (Fsp3) is 0.120. The first-order valence-electron chi connectivity index (χ1n) is 10.6. The number of nitrogens with one attached hydrogen (secondary N) is 1. The van der Waals surface area contributed by atoms with Crippen molar-refractivity contribution in [3.63, 3.8) is 0 Å². The van der Waals surface area contributed by atoms with E-state index >= 15 is 0 Å². The number of nitrogens with zero attached hydrogens (tertiary/aromatic N) is 4. The van der Waals surface area contributed by atoms with Crippen molar-refractivity contribution < 1.29 is 14.6 Å². The molecule has 4 aromatic rings. The maximum atomic E-state index is 12.4. The lowest BCUT2D eigenvalue weighted by atomic mass is 10.2. The first-order valence-corrected chi connectivity index (χ1v) is 11.9. The van der Waals surface area contributed by atoms with E-state index in [1.54, 1.807) is 30.3 Å². The minimum atomic E-state index is -0.333. The highest BCUT2D eigenvalue weighted by Crippen LogP contribution is 2.29. The number of carbonyl (C=O) groups excluding carboxylic acids is 1. The normalized spacial score (nSPS) is 11.1. The third-order valence-electron chi connectivity index (χ3n) is 5.00. The Morgan fingerprint density at radius 1 is 1.14 bits per heavy atom. The Balaban J connectivity index is 1.50. The number of halogens is 1. The molecule has 0 saturated heterocycles. The summed E-state index contributed by atoms with van der Waals surface area (Å²) >= 11 is 7.28. The molecule has 1 amide bonds. The van der Waals surface area contributed by atoms with Crippen molar-refractivity contribution in [1.29, 1.82) is 0 Å². The molecule has 0 aliphatic heterocycles. The molecule has 4 rings (SSSR count). The summed E-state index contributed by atoms with van der Waals surface area (Å²) in [6, 6.07) is 20.3. The molecular formula is C25H22ClN5O3S. The fourth-order valence-corrected chi connectivity index (χ4v) is 4.09. The number of phenolic OH excluding ortho intramolecular Hbond substituents is 1. The first-order chi connectivity index (χ1) is 17.0. The van der Waals surface area contributed by atoms with E-state index in [9.17, 15) is 9.90 Å². The van der Waals surface area contributed by atoms with Crippen LogP contribution in [0, 0.1) is 6.92 Å². The molecule has 3 aromatic carbocycles. The number of hydrazone groups is 1. The van der Waals surface area contributed by atoms with Gasteiger partial charge in [-0.1, -0.05) is 47.1 Å². The number of carbonyl (C=O) groups is 1. The molecule has 1 aromatic heterocycles. The summed E-state index contributed by atoms with van der Waals surface area (Å²) in [5, 5.41) is 23.9. The second kappa shape index (κ2) is 11.1. The number of hydrogen-bond donors (Lipinski definition) is 2. The molecule has 0 unspecified atom stereocenters. The number of ether oxygens (including phenoxy) is 1. The van der Waals surface area contributed by atoms with E-state index in [1.165, 1.54) is 25.1 Å². The third-order valence-corrected chi connectivity index (χ3v) is 6.18. The SMILES string of the molecule is COc1cccc(C=NNC(=O)CSc2nnc(-c3ccc(Cl)cc3)n2-c2ccc(C)cc2)c1O. The number of aromatic hydroxyl groups is 1. The van der Waals surface area contributed by atoms with Crippen LogP contribution < -0.4 is 10.2 Å². The number of para-hydroxylation sites is 1. The topological polar surface area (TPSA) is 102 Å². The number of benzene rings is 3. The van der Waals surface area contributed by atoms with E-state index in [2.05, 4.69) is 20.7 Å². The average Bonchev–Trinajstić information content (AvgIpc) is 3.28. The minimum absolute atomic E-state index is 0.0525. The van der Waals surface area contributed by atoms with E-state index in [4.69, 9.17) is 16.3 Å². The van der Waals surface area contributed by atoms with Crippen LogP contribution in [0.5, 0.6) is 11.5 Å². The monoisotopic (exact) mass is 507 g/mol. The number of rotatable bonds is 8. The van der Waals surface area contributed by atoms with Crippen LogP contribution in [0.25, 0.3) is 17.1 Å². The standard InChI is InChI=1S/C25H22ClN5O3S/c1-16-6-12-20(13-7-16)31-24(17-8-10-19(26)11-9-17)29-30-25(31)35-15-22(32)28-27-14-18-4-3-5-21(34-2)23(18)33/h3-14,33H,15H2,1-2H3,(H,28,32). The molecule has 0 atom stereocenters. The molecule has 0 fully saturated rings. The van der Waals surface area contributed by atoms with Crippen molar-refractivity contribution in [3.05, 3.63) is 82.9 Å². The predicted octanol–water partition coefficient (Wildman–Crippen LogP) is 4.85. The van der Waals surface area contributed by atoms with Gasteiger partial charge in [-0.05, 0) is 55.5 Å². The third kappa shape index (κ3) is 5.82. The van der Waals surface area contributed by atoms with E-state index in [0.717, 1.165) is 16.8 Å². The maximum Gasteiger partial charge on any atom is 0.250 e. The van der Waals surface area contributed by atoms with Crippen LogP contribution in [0.15, 0.2) is 77.0 Å². The largest absolute Gasteiger partial charge is 0.504 e. The average molecular weight is 508 g/mol. The summed E-state index contributed by atoms with van der Waals surface area (Å²) in [4.78, 5) is 12.4. The van der Waals surface area contributed by atoms with Crippen molar-refractivity contribution >= 4 is 35.5 Å². The summed E-state index contributed by atoms with van der Waals surface area (Å²) in [6.07, 6.45) is 1.36. The Hall–Kier alpha value is -3.82. The van der Waals surface area contributed by atoms with Crippen LogP contribution in [-0.4, -0.2) is 44.9 Å². The minimum Gasteiger partial charge on any atom is -0.504 e.